The lowest BCUT2D eigenvalue weighted by atomic mass is 10.2. The van der Waals surface area contributed by atoms with E-state index in [4.69, 9.17) is 28.6 Å². The fraction of sp³-hybridized carbons (Fsp3) is 0.176. The molecule has 0 aliphatic heterocycles. The highest BCUT2D eigenvalue weighted by molar-refractivity contribution is 7.80. The third-order valence-electron chi connectivity index (χ3n) is 3.09. The summed E-state index contributed by atoms with van der Waals surface area (Å²) in [6, 6.07) is 14.6. The molecule has 0 bridgehead atoms. The summed E-state index contributed by atoms with van der Waals surface area (Å²) in [4.78, 5) is 12.1. The number of amides is 1. The molecule has 0 aromatic heterocycles. The summed E-state index contributed by atoms with van der Waals surface area (Å²) in [5, 5.41) is 6.34. The number of hydrogen-bond donors (Lipinski definition) is 2. The highest BCUT2D eigenvalue weighted by atomic mass is 35.5. The maximum absolute atomic E-state index is 12.1. The molecule has 1 atom stereocenters. The molecule has 120 valence electrons. The van der Waals surface area contributed by atoms with E-state index < -0.39 is 6.10 Å². The van der Waals surface area contributed by atoms with Gasteiger partial charge >= 0.3 is 0 Å². The number of benzene rings is 2. The minimum atomic E-state index is -0.668. The Balaban J connectivity index is 1.88. The van der Waals surface area contributed by atoms with E-state index in [0.717, 1.165) is 5.56 Å². The van der Waals surface area contributed by atoms with Crippen molar-refractivity contribution in [3.63, 3.8) is 0 Å². The summed E-state index contributed by atoms with van der Waals surface area (Å²) in [5.74, 6) is 0.295. The summed E-state index contributed by atoms with van der Waals surface area (Å²) in [6.45, 7) is 3.57. The number of para-hydroxylation sites is 1. The van der Waals surface area contributed by atoms with Gasteiger partial charge in [-0.1, -0.05) is 35.9 Å². The van der Waals surface area contributed by atoms with Crippen molar-refractivity contribution in [2.75, 3.05) is 5.32 Å². The predicted octanol–water partition coefficient (Wildman–Crippen LogP) is 3.93. The first-order valence-electron chi connectivity index (χ1n) is 7.05. The van der Waals surface area contributed by atoms with Crippen molar-refractivity contribution in [1.82, 2.24) is 5.32 Å². The van der Waals surface area contributed by atoms with E-state index in [1.807, 2.05) is 37.3 Å². The zero-order valence-electron chi connectivity index (χ0n) is 12.8. The molecule has 0 unspecified atom stereocenters. The highest BCUT2D eigenvalue weighted by Crippen LogP contribution is 2.19. The van der Waals surface area contributed by atoms with Crippen LogP contribution in [-0.2, 0) is 4.79 Å². The first kappa shape index (κ1) is 17.2. The van der Waals surface area contributed by atoms with E-state index in [-0.39, 0.29) is 11.0 Å². The minimum Gasteiger partial charge on any atom is -0.481 e. The number of nitrogens with one attached hydrogen (secondary N) is 2. The van der Waals surface area contributed by atoms with Crippen LogP contribution in [0.1, 0.15) is 12.5 Å². The number of anilines is 1. The second-order valence-electron chi connectivity index (χ2n) is 4.98. The number of thiocarbonyl (C=S) groups is 1. The first-order valence-corrected chi connectivity index (χ1v) is 7.84. The summed E-state index contributed by atoms with van der Waals surface area (Å²) < 4.78 is 5.54. The number of hydrogen-bond acceptors (Lipinski definition) is 3. The van der Waals surface area contributed by atoms with Gasteiger partial charge in [0.05, 0.1) is 0 Å². The van der Waals surface area contributed by atoms with Crippen molar-refractivity contribution in [3.8, 4) is 5.75 Å². The minimum absolute atomic E-state index is 0.193. The van der Waals surface area contributed by atoms with E-state index in [1.54, 1.807) is 25.1 Å². The van der Waals surface area contributed by atoms with Crippen molar-refractivity contribution < 1.29 is 9.53 Å². The number of rotatable bonds is 4. The number of ether oxygens (including phenoxy) is 1. The number of aryl methyl sites for hydroxylation is 1. The van der Waals surface area contributed by atoms with Crippen LogP contribution in [0, 0.1) is 6.92 Å². The van der Waals surface area contributed by atoms with Crippen LogP contribution in [0.5, 0.6) is 5.75 Å². The normalized spacial score (nSPS) is 11.4. The molecule has 0 saturated carbocycles. The molecule has 0 heterocycles. The quantitative estimate of drug-likeness (QED) is 0.822. The van der Waals surface area contributed by atoms with E-state index in [9.17, 15) is 4.79 Å². The Labute approximate surface area is 145 Å². The predicted molar refractivity (Wildman–Crippen MR) is 97.1 cm³/mol. The van der Waals surface area contributed by atoms with E-state index in [0.29, 0.717) is 16.5 Å². The lowest BCUT2D eigenvalue weighted by Gasteiger charge is -2.16. The summed E-state index contributed by atoms with van der Waals surface area (Å²) >= 11 is 11.2. The molecule has 0 aliphatic carbocycles. The number of halogens is 1. The van der Waals surface area contributed by atoms with Crippen molar-refractivity contribution in [2.45, 2.75) is 20.0 Å². The largest absolute Gasteiger partial charge is 0.481 e. The van der Waals surface area contributed by atoms with Crippen molar-refractivity contribution in [2.24, 2.45) is 0 Å². The Hall–Kier alpha value is -2.11. The molecule has 2 aromatic rings. The average Bonchev–Trinajstić information content (AvgIpc) is 2.51. The smallest absolute Gasteiger partial charge is 0.266 e. The SMILES string of the molecule is Cc1ccc(NC(=S)NC(=O)[C@H](C)Oc2ccccc2)cc1Cl. The van der Waals surface area contributed by atoms with Crippen molar-refractivity contribution in [3.05, 3.63) is 59.1 Å². The lowest BCUT2D eigenvalue weighted by molar-refractivity contribution is -0.125. The molecule has 0 radical (unpaired) electrons. The van der Waals surface area contributed by atoms with Crippen LogP contribution in [-0.4, -0.2) is 17.1 Å². The average molecular weight is 349 g/mol. The van der Waals surface area contributed by atoms with E-state index >= 15 is 0 Å². The Kier molecular flexibility index (Phi) is 5.96. The second kappa shape index (κ2) is 7.94. The van der Waals surface area contributed by atoms with Gasteiger partial charge < -0.3 is 10.1 Å². The van der Waals surface area contributed by atoms with Crippen LogP contribution in [0.2, 0.25) is 5.02 Å². The molecule has 6 heteroatoms. The van der Waals surface area contributed by atoms with Gasteiger partial charge in [0.2, 0.25) is 0 Å². The van der Waals surface area contributed by atoms with Gasteiger partial charge in [-0.2, -0.15) is 0 Å². The monoisotopic (exact) mass is 348 g/mol. The van der Waals surface area contributed by atoms with Gasteiger partial charge in [-0.15, -0.1) is 0 Å². The van der Waals surface area contributed by atoms with Gasteiger partial charge in [0.25, 0.3) is 5.91 Å². The first-order chi connectivity index (χ1) is 11.0. The molecule has 4 nitrogen and oxygen atoms in total. The molecule has 23 heavy (non-hydrogen) atoms. The fourth-order valence-corrected chi connectivity index (χ4v) is 2.20. The van der Waals surface area contributed by atoms with Crippen molar-refractivity contribution in [1.29, 1.82) is 0 Å². The molecule has 2 N–H and O–H groups in total. The third-order valence-corrected chi connectivity index (χ3v) is 3.70. The van der Waals surface area contributed by atoms with E-state index in [1.165, 1.54) is 0 Å². The Bertz CT molecular complexity index is 707. The third kappa shape index (κ3) is 5.23. The zero-order valence-corrected chi connectivity index (χ0v) is 14.4. The molecule has 2 aromatic carbocycles. The van der Waals surface area contributed by atoms with Crippen LogP contribution in [0.4, 0.5) is 5.69 Å². The topological polar surface area (TPSA) is 50.4 Å². The molecule has 0 spiro atoms. The van der Waals surface area contributed by atoms with Crippen LogP contribution >= 0.6 is 23.8 Å². The Morgan fingerprint density at radius 1 is 1.22 bits per heavy atom. The second-order valence-corrected chi connectivity index (χ2v) is 5.80. The fourth-order valence-electron chi connectivity index (χ4n) is 1.80. The molecule has 0 saturated heterocycles. The lowest BCUT2D eigenvalue weighted by Crippen LogP contribution is -2.42. The van der Waals surface area contributed by atoms with Crippen LogP contribution in [0.15, 0.2) is 48.5 Å². The van der Waals surface area contributed by atoms with Gasteiger partial charge in [0.1, 0.15) is 5.75 Å². The van der Waals surface area contributed by atoms with Gasteiger partial charge in [0.15, 0.2) is 11.2 Å². The molecule has 2 rings (SSSR count). The molecule has 1 amide bonds. The van der Waals surface area contributed by atoms with Gasteiger partial charge in [0, 0.05) is 10.7 Å². The van der Waals surface area contributed by atoms with Crippen LogP contribution < -0.4 is 15.4 Å². The molecular formula is C17H17ClN2O2S. The standard InChI is InChI=1S/C17H17ClN2O2S/c1-11-8-9-13(10-15(11)18)19-17(23)20-16(21)12(2)22-14-6-4-3-5-7-14/h3-10,12H,1-2H3,(H2,19,20,21,23)/t12-/m0/s1. The summed E-state index contributed by atoms with van der Waals surface area (Å²) in [5.41, 5.74) is 1.68. The Morgan fingerprint density at radius 3 is 2.57 bits per heavy atom. The molecule has 0 aliphatic rings. The molecule has 0 fully saturated rings. The maximum Gasteiger partial charge on any atom is 0.266 e. The summed E-state index contributed by atoms with van der Waals surface area (Å²) in [7, 11) is 0. The zero-order chi connectivity index (χ0) is 16.8. The van der Waals surface area contributed by atoms with Gasteiger partial charge in [-0.25, -0.2) is 0 Å². The van der Waals surface area contributed by atoms with Crippen LogP contribution in [0.25, 0.3) is 0 Å². The van der Waals surface area contributed by atoms with Crippen LogP contribution in [0.3, 0.4) is 0 Å². The van der Waals surface area contributed by atoms with Gasteiger partial charge in [-0.3, -0.25) is 10.1 Å². The number of carbonyl (C=O) groups excluding carboxylic acids is 1. The molecular weight excluding hydrogens is 332 g/mol. The number of carbonyl (C=O) groups is 1. The highest BCUT2D eigenvalue weighted by Gasteiger charge is 2.16. The van der Waals surface area contributed by atoms with Crippen molar-refractivity contribution >= 4 is 40.5 Å². The summed E-state index contributed by atoms with van der Waals surface area (Å²) in [6.07, 6.45) is -0.668. The van der Waals surface area contributed by atoms with E-state index in [2.05, 4.69) is 10.6 Å². The Morgan fingerprint density at radius 2 is 1.91 bits per heavy atom. The maximum atomic E-state index is 12.1. The van der Waals surface area contributed by atoms with Gasteiger partial charge in [-0.05, 0) is 55.9 Å².